The van der Waals surface area contributed by atoms with Crippen molar-refractivity contribution in [2.75, 3.05) is 46.5 Å². The van der Waals surface area contributed by atoms with Gasteiger partial charge in [-0.1, -0.05) is 20.3 Å². The van der Waals surface area contributed by atoms with Crippen molar-refractivity contribution in [2.24, 2.45) is 4.99 Å². The number of hydrogen-bond acceptors (Lipinski definition) is 3. The van der Waals surface area contributed by atoms with Crippen LogP contribution in [-0.2, 0) is 10.0 Å². The quantitative estimate of drug-likeness (QED) is 0.391. The zero-order valence-electron chi connectivity index (χ0n) is 13.5. The predicted molar refractivity (Wildman–Crippen MR) is 85.6 cm³/mol. The number of rotatable bonds is 9. The lowest BCUT2D eigenvalue weighted by Crippen LogP contribution is -2.40. The second-order valence-corrected chi connectivity index (χ2v) is 6.84. The Labute approximate surface area is 124 Å². The van der Waals surface area contributed by atoms with Crippen LogP contribution in [0.1, 0.15) is 33.1 Å². The summed E-state index contributed by atoms with van der Waals surface area (Å²) in [5, 5.41) is 3.26. The molecule has 0 fully saturated rings. The predicted octanol–water partition coefficient (Wildman–Crippen LogP) is 0.965. The van der Waals surface area contributed by atoms with Gasteiger partial charge in [-0.15, -0.1) is 0 Å². The van der Waals surface area contributed by atoms with Crippen LogP contribution in [0.2, 0.25) is 0 Å². The number of hydrogen-bond donors (Lipinski definition) is 1. The summed E-state index contributed by atoms with van der Waals surface area (Å²) in [6, 6.07) is 0. The van der Waals surface area contributed by atoms with E-state index in [9.17, 15) is 8.42 Å². The van der Waals surface area contributed by atoms with E-state index >= 15 is 0 Å². The van der Waals surface area contributed by atoms with E-state index in [1.54, 1.807) is 7.05 Å². The molecular formula is C13H30N4O2S. The van der Waals surface area contributed by atoms with Gasteiger partial charge in [0, 0.05) is 40.3 Å². The number of nitrogens with one attached hydrogen (secondary N) is 1. The molecule has 6 nitrogen and oxygen atoms in total. The minimum absolute atomic E-state index is 0.518. The fourth-order valence-electron chi connectivity index (χ4n) is 1.90. The Balaban J connectivity index is 4.09. The average molecular weight is 306 g/mol. The zero-order valence-corrected chi connectivity index (χ0v) is 14.3. The van der Waals surface area contributed by atoms with E-state index in [0.29, 0.717) is 13.1 Å². The van der Waals surface area contributed by atoms with E-state index in [-0.39, 0.29) is 0 Å². The molecular weight excluding hydrogens is 276 g/mol. The van der Waals surface area contributed by atoms with Gasteiger partial charge >= 0.3 is 0 Å². The first kappa shape index (κ1) is 19.2. The molecule has 0 atom stereocenters. The maximum atomic E-state index is 11.4. The van der Waals surface area contributed by atoms with Crippen molar-refractivity contribution in [1.82, 2.24) is 14.5 Å². The molecule has 0 aliphatic rings. The van der Waals surface area contributed by atoms with Crippen molar-refractivity contribution in [3.8, 4) is 0 Å². The molecule has 0 bridgehead atoms. The summed E-state index contributed by atoms with van der Waals surface area (Å²) in [4.78, 5) is 6.32. The van der Waals surface area contributed by atoms with E-state index in [0.717, 1.165) is 38.3 Å². The Morgan fingerprint density at radius 1 is 1.20 bits per heavy atom. The van der Waals surface area contributed by atoms with Gasteiger partial charge in [-0.05, 0) is 12.8 Å². The van der Waals surface area contributed by atoms with Gasteiger partial charge in [0.2, 0.25) is 10.0 Å². The second kappa shape index (κ2) is 9.99. The SMILES string of the molecule is CCCCN(C)C(=NC)NCCCN(CC)S(C)(=O)=O. The molecule has 0 aromatic carbocycles. The van der Waals surface area contributed by atoms with Crippen LogP contribution in [0.15, 0.2) is 4.99 Å². The van der Waals surface area contributed by atoms with Gasteiger partial charge in [0.05, 0.1) is 6.26 Å². The molecule has 0 rings (SSSR count). The van der Waals surface area contributed by atoms with Crippen molar-refractivity contribution in [2.45, 2.75) is 33.1 Å². The Bertz CT molecular complexity index is 382. The Morgan fingerprint density at radius 2 is 1.85 bits per heavy atom. The third kappa shape index (κ3) is 7.69. The molecule has 0 unspecified atom stereocenters. The van der Waals surface area contributed by atoms with E-state index in [2.05, 4.69) is 22.1 Å². The highest BCUT2D eigenvalue weighted by atomic mass is 32.2. The van der Waals surface area contributed by atoms with Crippen LogP contribution in [0.4, 0.5) is 0 Å². The lowest BCUT2D eigenvalue weighted by molar-refractivity contribution is 0.419. The van der Waals surface area contributed by atoms with Crippen molar-refractivity contribution in [3.05, 3.63) is 0 Å². The summed E-state index contributed by atoms with van der Waals surface area (Å²) in [6.45, 7) is 6.76. The first-order valence-corrected chi connectivity index (χ1v) is 9.08. The topological polar surface area (TPSA) is 65.0 Å². The maximum absolute atomic E-state index is 11.4. The maximum Gasteiger partial charge on any atom is 0.211 e. The molecule has 0 aromatic heterocycles. The van der Waals surface area contributed by atoms with Crippen LogP contribution in [0, 0.1) is 0 Å². The van der Waals surface area contributed by atoms with Gasteiger partial charge in [0.15, 0.2) is 5.96 Å². The van der Waals surface area contributed by atoms with E-state index < -0.39 is 10.0 Å². The Morgan fingerprint density at radius 3 is 2.30 bits per heavy atom. The second-order valence-electron chi connectivity index (χ2n) is 4.86. The molecule has 0 saturated carbocycles. The highest BCUT2D eigenvalue weighted by Gasteiger charge is 2.13. The summed E-state index contributed by atoms with van der Waals surface area (Å²) < 4.78 is 24.4. The molecule has 7 heteroatoms. The summed E-state index contributed by atoms with van der Waals surface area (Å²) in [7, 11) is 0.693. The molecule has 0 amide bonds. The Hall–Kier alpha value is -0.820. The first-order valence-electron chi connectivity index (χ1n) is 7.23. The molecule has 0 spiro atoms. The van der Waals surface area contributed by atoms with Crippen LogP contribution >= 0.6 is 0 Å². The van der Waals surface area contributed by atoms with Gasteiger partial charge in [-0.3, -0.25) is 4.99 Å². The Kier molecular flexibility index (Phi) is 9.58. The van der Waals surface area contributed by atoms with E-state index in [1.807, 2.05) is 14.0 Å². The van der Waals surface area contributed by atoms with Crippen molar-refractivity contribution in [3.63, 3.8) is 0 Å². The fourth-order valence-corrected chi connectivity index (χ4v) is 2.83. The molecule has 0 aliphatic heterocycles. The van der Waals surface area contributed by atoms with Gasteiger partial charge in [0.25, 0.3) is 0 Å². The molecule has 0 aromatic rings. The minimum atomic E-state index is -3.08. The highest BCUT2D eigenvalue weighted by molar-refractivity contribution is 7.88. The van der Waals surface area contributed by atoms with Crippen LogP contribution < -0.4 is 5.32 Å². The van der Waals surface area contributed by atoms with Crippen molar-refractivity contribution >= 4 is 16.0 Å². The molecule has 1 N–H and O–H groups in total. The van der Waals surface area contributed by atoms with Crippen LogP contribution in [0.3, 0.4) is 0 Å². The molecule has 0 heterocycles. The first-order chi connectivity index (χ1) is 9.36. The molecule has 0 saturated heterocycles. The van der Waals surface area contributed by atoms with Crippen molar-refractivity contribution < 1.29 is 8.42 Å². The highest BCUT2D eigenvalue weighted by Crippen LogP contribution is 1.98. The number of unbranched alkanes of at least 4 members (excludes halogenated alkanes) is 1. The summed E-state index contributed by atoms with van der Waals surface area (Å²) in [5.41, 5.74) is 0. The third-order valence-corrected chi connectivity index (χ3v) is 4.49. The average Bonchev–Trinajstić information content (AvgIpc) is 2.38. The number of sulfonamides is 1. The number of aliphatic imine (C=N–C) groups is 1. The van der Waals surface area contributed by atoms with Crippen LogP contribution in [0.25, 0.3) is 0 Å². The molecule has 0 aliphatic carbocycles. The number of nitrogens with zero attached hydrogens (tertiary/aromatic N) is 3. The standard InChI is InChI=1S/C13H30N4O2S/c1-6-8-11-16(4)13(14-3)15-10-9-12-17(7-2)20(5,18)19/h6-12H2,1-5H3,(H,14,15). The van der Waals surface area contributed by atoms with Gasteiger partial charge in [-0.2, -0.15) is 0 Å². The lowest BCUT2D eigenvalue weighted by Gasteiger charge is -2.22. The van der Waals surface area contributed by atoms with Crippen molar-refractivity contribution in [1.29, 1.82) is 0 Å². The normalized spacial score (nSPS) is 12.8. The zero-order chi connectivity index (χ0) is 15.6. The summed E-state index contributed by atoms with van der Waals surface area (Å²) in [6.07, 6.45) is 4.30. The third-order valence-electron chi connectivity index (χ3n) is 3.11. The smallest absolute Gasteiger partial charge is 0.211 e. The fraction of sp³-hybridized carbons (Fsp3) is 0.923. The van der Waals surface area contributed by atoms with Gasteiger partial charge in [-0.25, -0.2) is 12.7 Å². The molecule has 120 valence electrons. The largest absolute Gasteiger partial charge is 0.356 e. The van der Waals surface area contributed by atoms with Gasteiger partial charge < -0.3 is 10.2 Å². The summed E-state index contributed by atoms with van der Waals surface area (Å²) in [5.74, 6) is 0.862. The van der Waals surface area contributed by atoms with E-state index in [4.69, 9.17) is 0 Å². The minimum Gasteiger partial charge on any atom is -0.356 e. The van der Waals surface area contributed by atoms with Gasteiger partial charge in [0.1, 0.15) is 0 Å². The number of guanidine groups is 1. The lowest BCUT2D eigenvalue weighted by atomic mass is 10.3. The van der Waals surface area contributed by atoms with Crippen LogP contribution in [0.5, 0.6) is 0 Å². The van der Waals surface area contributed by atoms with Crippen LogP contribution in [-0.4, -0.2) is 70.1 Å². The van der Waals surface area contributed by atoms with E-state index in [1.165, 1.54) is 10.6 Å². The monoisotopic (exact) mass is 306 g/mol. The summed E-state index contributed by atoms with van der Waals surface area (Å²) >= 11 is 0. The molecule has 0 radical (unpaired) electrons. The molecule has 20 heavy (non-hydrogen) atoms.